The summed E-state index contributed by atoms with van der Waals surface area (Å²) >= 11 is 6.21. The number of guanidine groups is 1. The van der Waals surface area contributed by atoms with Crippen molar-refractivity contribution in [1.29, 1.82) is 0 Å². The van der Waals surface area contributed by atoms with Crippen molar-refractivity contribution in [1.82, 2.24) is 5.32 Å². The molecule has 0 spiro atoms. The summed E-state index contributed by atoms with van der Waals surface area (Å²) in [4.78, 5) is 17.2. The van der Waals surface area contributed by atoms with Gasteiger partial charge in [0.05, 0.1) is 24.8 Å². The second-order valence-corrected chi connectivity index (χ2v) is 7.21. The Labute approximate surface area is 176 Å². The standard InChI is InChI=1S/C22H26ClN3O3/c1-3-15-6-8-16(9-7-15)21(27)26-22(24-14-18-5-4-12-29-18)25-17-10-11-20(28-2)19(23)13-17/h6-11,13,18H,3-5,12,14H2,1-2H3,(H2,24,25,26,27). The SMILES string of the molecule is CCc1ccc(C(=O)NC(=NCC2CCCO2)Nc2ccc(OC)c(Cl)c2)cc1. The highest BCUT2D eigenvalue weighted by molar-refractivity contribution is 6.32. The van der Waals surface area contributed by atoms with Crippen molar-refractivity contribution in [3.05, 3.63) is 58.6 Å². The molecule has 0 aromatic heterocycles. The van der Waals surface area contributed by atoms with Crippen molar-refractivity contribution in [3.63, 3.8) is 0 Å². The van der Waals surface area contributed by atoms with Gasteiger partial charge in [0, 0.05) is 17.9 Å². The first-order chi connectivity index (χ1) is 14.1. The first-order valence-corrected chi connectivity index (χ1v) is 10.1. The molecule has 2 N–H and O–H groups in total. The van der Waals surface area contributed by atoms with Gasteiger partial charge in [-0.1, -0.05) is 30.7 Å². The fraction of sp³-hybridized carbons (Fsp3) is 0.364. The maximum absolute atomic E-state index is 12.7. The van der Waals surface area contributed by atoms with Gasteiger partial charge in [-0.3, -0.25) is 10.1 Å². The maximum atomic E-state index is 12.7. The minimum atomic E-state index is -0.231. The van der Waals surface area contributed by atoms with E-state index < -0.39 is 0 Å². The van der Waals surface area contributed by atoms with Crippen molar-refractivity contribution < 1.29 is 14.3 Å². The van der Waals surface area contributed by atoms with Crippen LogP contribution in [0.4, 0.5) is 5.69 Å². The lowest BCUT2D eigenvalue weighted by Gasteiger charge is -2.14. The Kier molecular flexibility index (Phi) is 7.49. The number of aryl methyl sites for hydroxylation is 1. The molecule has 29 heavy (non-hydrogen) atoms. The first-order valence-electron chi connectivity index (χ1n) is 9.76. The molecule has 1 aliphatic heterocycles. The van der Waals surface area contributed by atoms with Crippen LogP contribution in [0.2, 0.25) is 5.02 Å². The van der Waals surface area contributed by atoms with Crippen LogP contribution in [0.25, 0.3) is 0 Å². The molecule has 3 rings (SSSR count). The van der Waals surface area contributed by atoms with Crippen LogP contribution in [-0.4, -0.2) is 38.2 Å². The molecular formula is C22H26ClN3O3. The fourth-order valence-electron chi connectivity index (χ4n) is 3.04. The van der Waals surface area contributed by atoms with Crippen molar-refractivity contribution in [3.8, 4) is 5.75 Å². The number of carbonyl (C=O) groups excluding carboxylic acids is 1. The topological polar surface area (TPSA) is 72.0 Å². The monoisotopic (exact) mass is 415 g/mol. The van der Waals surface area contributed by atoms with E-state index in [1.54, 1.807) is 19.2 Å². The van der Waals surface area contributed by atoms with Gasteiger partial charge in [-0.15, -0.1) is 0 Å². The number of rotatable bonds is 6. The van der Waals surface area contributed by atoms with Gasteiger partial charge in [0.2, 0.25) is 5.96 Å². The second kappa shape index (κ2) is 10.3. The number of halogens is 1. The zero-order valence-corrected chi connectivity index (χ0v) is 17.5. The summed E-state index contributed by atoms with van der Waals surface area (Å²) in [6.07, 6.45) is 3.01. The highest BCUT2D eigenvalue weighted by Crippen LogP contribution is 2.27. The molecule has 0 radical (unpaired) electrons. The van der Waals surface area contributed by atoms with E-state index in [4.69, 9.17) is 21.1 Å². The number of amides is 1. The molecule has 0 aliphatic carbocycles. The van der Waals surface area contributed by atoms with Gasteiger partial charge in [-0.05, 0) is 55.2 Å². The largest absolute Gasteiger partial charge is 0.495 e. The lowest BCUT2D eigenvalue weighted by Crippen LogP contribution is -2.36. The fourth-order valence-corrected chi connectivity index (χ4v) is 3.30. The third-order valence-electron chi connectivity index (χ3n) is 4.75. The third-order valence-corrected chi connectivity index (χ3v) is 5.04. The number of hydrogen-bond donors (Lipinski definition) is 2. The van der Waals surface area contributed by atoms with Crippen LogP contribution in [0.15, 0.2) is 47.5 Å². The quantitative estimate of drug-likeness (QED) is 0.545. The number of nitrogens with one attached hydrogen (secondary N) is 2. The lowest BCUT2D eigenvalue weighted by molar-refractivity contribution is 0.0975. The van der Waals surface area contributed by atoms with Gasteiger partial charge >= 0.3 is 0 Å². The minimum absolute atomic E-state index is 0.0759. The normalized spacial score (nSPS) is 16.5. The Bertz CT molecular complexity index is 862. The van der Waals surface area contributed by atoms with Crippen LogP contribution < -0.4 is 15.4 Å². The van der Waals surface area contributed by atoms with Crippen molar-refractivity contribution in [2.45, 2.75) is 32.3 Å². The van der Waals surface area contributed by atoms with E-state index in [0.717, 1.165) is 25.9 Å². The van der Waals surface area contributed by atoms with Crippen LogP contribution in [0.3, 0.4) is 0 Å². The zero-order chi connectivity index (χ0) is 20.6. The average molecular weight is 416 g/mol. The van der Waals surface area contributed by atoms with Crippen molar-refractivity contribution in [2.75, 3.05) is 25.6 Å². The van der Waals surface area contributed by atoms with Crippen LogP contribution in [-0.2, 0) is 11.2 Å². The number of benzene rings is 2. The van der Waals surface area contributed by atoms with Gasteiger partial charge in [0.15, 0.2) is 0 Å². The Morgan fingerprint density at radius 3 is 2.69 bits per heavy atom. The number of methoxy groups -OCH3 is 1. The number of ether oxygens (including phenoxy) is 2. The summed E-state index contributed by atoms with van der Waals surface area (Å²) in [5.41, 5.74) is 2.45. The number of anilines is 1. The molecule has 7 heteroatoms. The average Bonchev–Trinajstić information content (AvgIpc) is 3.26. The molecule has 1 amide bonds. The summed E-state index contributed by atoms with van der Waals surface area (Å²) in [6, 6.07) is 12.8. The van der Waals surface area contributed by atoms with E-state index in [1.807, 2.05) is 30.3 Å². The second-order valence-electron chi connectivity index (χ2n) is 6.80. The van der Waals surface area contributed by atoms with Gasteiger partial charge in [0.25, 0.3) is 5.91 Å². The molecule has 1 heterocycles. The summed E-state index contributed by atoms with van der Waals surface area (Å²) in [5, 5.41) is 6.47. The van der Waals surface area contributed by atoms with Crippen molar-refractivity contribution in [2.24, 2.45) is 4.99 Å². The smallest absolute Gasteiger partial charge is 0.257 e. The maximum Gasteiger partial charge on any atom is 0.257 e. The number of hydrogen-bond acceptors (Lipinski definition) is 4. The molecular weight excluding hydrogens is 390 g/mol. The van der Waals surface area contributed by atoms with Crippen LogP contribution in [0.5, 0.6) is 5.75 Å². The predicted octanol–water partition coefficient (Wildman–Crippen LogP) is 4.29. The van der Waals surface area contributed by atoms with Gasteiger partial charge in [-0.2, -0.15) is 0 Å². The number of aliphatic imine (C=N–C) groups is 1. The van der Waals surface area contributed by atoms with E-state index >= 15 is 0 Å². The van der Waals surface area contributed by atoms with Crippen LogP contribution in [0, 0.1) is 0 Å². The first kappa shape index (κ1) is 21.1. The lowest BCUT2D eigenvalue weighted by atomic mass is 10.1. The third kappa shape index (κ3) is 5.95. The van der Waals surface area contributed by atoms with Gasteiger partial charge in [0.1, 0.15) is 5.75 Å². The summed E-state index contributed by atoms with van der Waals surface area (Å²) < 4.78 is 10.8. The van der Waals surface area contributed by atoms with E-state index in [9.17, 15) is 4.79 Å². The summed E-state index contributed by atoms with van der Waals surface area (Å²) in [6.45, 7) is 3.31. The summed E-state index contributed by atoms with van der Waals surface area (Å²) in [5.74, 6) is 0.701. The van der Waals surface area contributed by atoms with Gasteiger partial charge < -0.3 is 14.8 Å². The molecule has 1 unspecified atom stereocenters. The summed E-state index contributed by atoms with van der Waals surface area (Å²) in [7, 11) is 1.56. The van der Waals surface area contributed by atoms with Crippen LogP contribution in [0.1, 0.15) is 35.7 Å². The number of carbonyl (C=O) groups is 1. The Morgan fingerprint density at radius 1 is 1.28 bits per heavy atom. The Morgan fingerprint density at radius 2 is 2.07 bits per heavy atom. The highest BCUT2D eigenvalue weighted by Gasteiger charge is 2.16. The molecule has 1 fully saturated rings. The van der Waals surface area contributed by atoms with E-state index in [0.29, 0.717) is 34.5 Å². The predicted molar refractivity (Wildman–Crippen MR) is 116 cm³/mol. The number of nitrogens with zero attached hydrogens (tertiary/aromatic N) is 1. The molecule has 1 aliphatic rings. The molecule has 1 saturated heterocycles. The molecule has 0 saturated carbocycles. The highest BCUT2D eigenvalue weighted by atomic mass is 35.5. The Balaban J connectivity index is 1.75. The van der Waals surface area contributed by atoms with Gasteiger partial charge in [-0.25, -0.2) is 4.99 Å². The molecule has 2 aromatic carbocycles. The molecule has 1 atom stereocenters. The Hall–Kier alpha value is -2.57. The van der Waals surface area contributed by atoms with E-state index in [1.165, 1.54) is 5.56 Å². The molecule has 6 nitrogen and oxygen atoms in total. The molecule has 154 valence electrons. The van der Waals surface area contributed by atoms with E-state index in [2.05, 4.69) is 22.5 Å². The molecule has 2 aromatic rings. The zero-order valence-electron chi connectivity index (χ0n) is 16.7. The molecule has 0 bridgehead atoms. The van der Waals surface area contributed by atoms with Crippen LogP contribution >= 0.6 is 11.6 Å². The minimum Gasteiger partial charge on any atom is -0.495 e. The van der Waals surface area contributed by atoms with Crippen molar-refractivity contribution >= 4 is 29.2 Å². The van der Waals surface area contributed by atoms with E-state index in [-0.39, 0.29) is 12.0 Å².